The van der Waals surface area contributed by atoms with Gasteiger partial charge in [-0.25, -0.2) is 0 Å². The summed E-state index contributed by atoms with van der Waals surface area (Å²) >= 11 is 4.12. The second kappa shape index (κ2) is 4.32. The van der Waals surface area contributed by atoms with E-state index in [1.807, 2.05) is 28.7 Å². The van der Waals surface area contributed by atoms with E-state index >= 15 is 0 Å². The Morgan fingerprint density at radius 3 is 2.50 bits per heavy atom. The number of aromatic nitrogens is 1. The molecule has 0 aliphatic heterocycles. The van der Waals surface area contributed by atoms with Gasteiger partial charge in [0.1, 0.15) is 0 Å². The van der Waals surface area contributed by atoms with Gasteiger partial charge in [0.15, 0.2) is 11.2 Å². The first-order valence-corrected chi connectivity index (χ1v) is 6.40. The summed E-state index contributed by atoms with van der Waals surface area (Å²) in [6.45, 7) is 0. The maximum absolute atomic E-state index is 11.8. The van der Waals surface area contributed by atoms with E-state index in [4.69, 9.17) is 0 Å². The fraction of sp³-hybridized carbons (Fsp3) is 0. The van der Waals surface area contributed by atoms with Crippen molar-refractivity contribution in [3.05, 3.63) is 45.9 Å². The molecule has 0 atom stereocenters. The SMILES string of the molecule is O=c1[nH]c2cc(I)cc(I)c2c(=O)cc1O. The van der Waals surface area contributed by atoms with Crippen LogP contribution in [-0.4, -0.2) is 10.1 Å². The van der Waals surface area contributed by atoms with E-state index in [2.05, 4.69) is 27.6 Å². The van der Waals surface area contributed by atoms with Crippen LogP contribution in [0.25, 0.3) is 10.9 Å². The quantitative estimate of drug-likeness (QED) is 0.614. The number of benzene rings is 1. The molecule has 6 heteroatoms. The van der Waals surface area contributed by atoms with Gasteiger partial charge in [-0.2, -0.15) is 0 Å². The van der Waals surface area contributed by atoms with Crippen LogP contribution in [0, 0.1) is 7.14 Å². The van der Waals surface area contributed by atoms with Crippen molar-refractivity contribution in [3.63, 3.8) is 0 Å². The van der Waals surface area contributed by atoms with Gasteiger partial charge in [-0.15, -0.1) is 0 Å². The lowest BCUT2D eigenvalue weighted by atomic mass is 10.2. The van der Waals surface area contributed by atoms with Crippen LogP contribution in [0.2, 0.25) is 0 Å². The van der Waals surface area contributed by atoms with Crippen LogP contribution in [0.4, 0.5) is 0 Å². The van der Waals surface area contributed by atoms with Crippen LogP contribution < -0.4 is 11.0 Å². The third-order valence-electron chi connectivity index (χ3n) is 2.05. The van der Waals surface area contributed by atoms with Gasteiger partial charge < -0.3 is 10.1 Å². The number of fused-ring (bicyclic) bond motifs is 1. The van der Waals surface area contributed by atoms with E-state index in [-0.39, 0.29) is 5.43 Å². The van der Waals surface area contributed by atoms with Crippen molar-refractivity contribution in [1.29, 1.82) is 0 Å². The molecule has 0 saturated heterocycles. The minimum atomic E-state index is -0.662. The van der Waals surface area contributed by atoms with Gasteiger partial charge in [0.2, 0.25) is 0 Å². The zero-order valence-corrected chi connectivity index (χ0v) is 12.1. The molecule has 0 unspecified atom stereocenters. The highest BCUT2D eigenvalue weighted by molar-refractivity contribution is 14.1. The van der Waals surface area contributed by atoms with Crippen molar-refractivity contribution >= 4 is 56.1 Å². The summed E-state index contributed by atoms with van der Waals surface area (Å²) in [6.07, 6.45) is 0. The Morgan fingerprint density at radius 1 is 1.12 bits per heavy atom. The lowest BCUT2D eigenvalue weighted by molar-refractivity contribution is 0.468. The molecule has 0 aliphatic carbocycles. The molecule has 4 nitrogen and oxygen atoms in total. The smallest absolute Gasteiger partial charge is 0.290 e. The minimum Gasteiger partial charge on any atom is -0.503 e. The van der Waals surface area contributed by atoms with Gasteiger partial charge in [0.25, 0.3) is 5.56 Å². The zero-order chi connectivity index (χ0) is 11.9. The fourth-order valence-electron chi connectivity index (χ4n) is 1.37. The average molecular weight is 441 g/mol. The Morgan fingerprint density at radius 2 is 1.81 bits per heavy atom. The Hall–Kier alpha value is -0.640. The third kappa shape index (κ3) is 2.08. The van der Waals surface area contributed by atoms with Gasteiger partial charge in [-0.3, -0.25) is 9.59 Å². The molecule has 0 bridgehead atoms. The first-order chi connectivity index (χ1) is 7.49. The van der Waals surface area contributed by atoms with Crippen LogP contribution in [0.15, 0.2) is 27.8 Å². The fourth-order valence-corrected chi connectivity index (χ4v) is 3.48. The molecule has 0 aliphatic rings. The van der Waals surface area contributed by atoms with Crippen molar-refractivity contribution in [2.45, 2.75) is 0 Å². The highest BCUT2D eigenvalue weighted by Gasteiger charge is 2.06. The molecule has 0 amide bonds. The van der Waals surface area contributed by atoms with Crippen molar-refractivity contribution in [2.24, 2.45) is 0 Å². The second-order valence-electron chi connectivity index (χ2n) is 3.16. The zero-order valence-electron chi connectivity index (χ0n) is 7.75. The number of aromatic amines is 1. The topological polar surface area (TPSA) is 70.2 Å². The lowest BCUT2D eigenvalue weighted by Gasteiger charge is -1.96. The van der Waals surface area contributed by atoms with E-state index < -0.39 is 11.3 Å². The predicted octanol–water partition coefficient (Wildman–Crippen LogP) is 1.80. The summed E-state index contributed by atoms with van der Waals surface area (Å²) in [5.74, 6) is -0.563. The molecule has 1 heterocycles. The number of hydrogen-bond donors (Lipinski definition) is 2. The monoisotopic (exact) mass is 441 g/mol. The Balaban J connectivity index is 3.16. The largest absolute Gasteiger partial charge is 0.503 e. The van der Waals surface area contributed by atoms with E-state index in [0.717, 1.165) is 13.2 Å². The normalized spacial score (nSPS) is 10.6. The summed E-state index contributed by atoms with van der Waals surface area (Å²) in [7, 11) is 0. The lowest BCUT2D eigenvalue weighted by Crippen LogP contribution is -2.00. The Bertz CT molecular complexity index is 694. The summed E-state index contributed by atoms with van der Waals surface area (Å²) in [4.78, 5) is 25.6. The third-order valence-corrected chi connectivity index (χ3v) is 3.52. The molecular weight excluding hydrogens is 436 g/mol. The Kier molecular flexibility index (Phi) is 3.19. The van der Waals surface area contributed by atoms with Crippen molar-refractivity contribution in [3.8, 4) is 5.75 Å². The van der Waals surface area contributed by atoms with E-state index in [1.54, 1.807) is 6.07 Å². The van der Waals surface area contributed by atoms with Crippen molar-refractivity contribution in [2.75, 3.05) is 0 Å². The van der Waals surface area contributed by atoms with Crippen LogP contribution in [-0.2, 0) is 0 Å². The molecule has 82 valence electrons. The summed E-state index contributed by atoms with van der Waals surface area (Å²) < 4.78 is 1.66. The first kappa shape index (κ1) is 11.8. The maximum Gasteiger partial charge on any atom is 0.290 e. The number of rotatable bonds is 0. The van der Waals surface area contributed by atoms with Crippen LogP contribution in [0.5, 0.6) is 5.75 Å². The van der Waals surface area contributed by atoms with Crippen molar-refractivity contribution < 1.29 is 5.11 Å². The molecule has 1 aromatic carbocycles. The predicted molar refractivity (Wildman–Crippen MR) is 77.9 cm³/mol. The number of H-pyrrole nitrogens is 1. The number of hydrogen-bond acceptors (Lipinski definition) is 3. The molecule has 16 heavy (non-hydrogen) atoms. The van der Waals surface area contributed by atoms with E-state index in [9.17, 15) is 14.7 Å². The average Bonchev–Trinajstić information content (AvgIpc) is 2.24. The molecule has 2 rings (SSSR count). The van der Waals surface area contributed by atoms with E-state index in [0.29, 0.717) is 10.9 Å². The highest BCUT2D eigenvalue weighted by atomic mass is 127. The van der Waals surface area contributed by atoms with Crippen LogP contribution >= 0.6 is 45.2 Å². The van der Waals surface area contributed by atoms with Crippen LogP contribution in [0.1, 0.15) is 0 Å². The summed E-state index contributed by atoms with van der Waals surface area (Å²) in [6, 6.07) is 4.47. The van der Waals surface area contributed by atoms with Gasteiger partial charge in [0, 0.05) is 13.2 Å². The maximum atomic E-state index is 11.8. The molecule has 0 fully saturated rings. The molecule has 2 aromatic rings. The number of nitrogens with one attached hydrogen (secondary N) is 1. The molecular formula is C10H5I2NO3. The molecule has 1 aromatic heterocycles. The molecule has 2 N–H and O–H groups in total. The van der Waals surface area contributed by atoms with Gasteiger partial charge in [-0.05, 0) is 57.3 Å². The van der Waals surface area contributed by atoms with Gasteiger partial charge in [-0.1, -0.05) is 0 Å². The Labute approximate surface area is 117 Å². The molecule has 0 radical (unpaired) electrons. The standard InChI is InChI=1S/C10H5I2NO3/c11-4-1-5(12)9-6(2-4)13-10(16)8(15)3-7(9)14/h1-3,15H,(H,13,16). The highest BCUT2D eigenvalue weighted by Crippen LogP contribution is 2.19. The number of halogens is 2. The van der Waals surface area contributed by atoms with E-state index in [1.165, 1.54) is 0 Å². The molecule has 0 saturated carbocycles. The summed E-state index contributed by atoms with van der Waals surface area (Å²) in [5.41, 5.74) is -0.594. The second-order valence-corrected chi connectivity index (χ2v) is 5.57. The van der Waals surface area contributed by atoms with Crippen LogP contribution in [0.3, 0.4) is 0 Å². The first-order valence-electron chi connectivity index (χ1n) is 4.24. The molecule has 0 spiro atoms. The van der Waals surface area contributed by atoms with Gasteiger partial charge in [0.05, 0.1) is 10.9 Å². The van der Waals surface area contributed by atoms with Crippen molar-refractivity contribution in [1.82, 2.24) is 4.98 Å². The summed E-state index contributed by atoms with van der Waals surface area (Å²) in [5, 5.41) is 9.70. The van der Waals surface area contributed by atoms with Gasteiger partial charge >= 0.3 is 0 Å². The number of aromatic hydroxyl groups is 1. The minimum absolute atomic E-state index is 0.369.